The van der Waals surface area contributed by atoms with E-state index in [0.717, 1.165) is 24.3 Å². The molecule has 0 saturated carbocycles. The van der Waals surface area contributed by atoms with Crippen molar-refractivity contribution >= 4 is 17.7 Å². The number of anilines is 1. The number of hydrogen-bond donors (Lipinski definition) is 1. The van der Waals surface area contributed by atoms with E-state index in [9.17, 15) is 9.18 Å². The lowest BCUT2D eigenvalue weighted by atomic mass is 10.1. The minimum Gasteiger partial charge on any atom is -0.372 e. The van der Waals surface area contributed by atoms with Gasteiger partial charge in [-0.05, 0) is 50.6 Å². The summed E-state index contributed by atoms with van der Waals surface area (Å²) in [4.78, 5) is 14.6. The Kier molecular flexibility index (Phi) is 6.47. The first-order valence-electron chi connectivity index (χ1n) is 9.66. The second-order valence-electron chi connectivity index (χ2n) is 7.34. The average molecular weight is 382 g/mol. The number of halogens is 1. The van der Waals surface area contributed by atoms with E-state index in [1.54, 1.807) is 18.2 Å². The fourth-order valence-electron chi connectivity index (χ4n) is 3.50. The molecule has 0 bridgehead atoms. The van der Waals surface area contributed by atoms with Crippen molar-refractivity contribution in [2.45, 2.75) is 39.0 Å². The number of morpholine rings is 1. The van der Waals surface area contributed by atoms with E-state index in [2.05, 4.69) is 36.2 Å². The number of carbonyl (C=O) groups excluding carboxylic acids is 1. The van der Waals surface area contributed by atoms with Crippen molar-refractivity contribution < 1.29 is 13.9 Å². The summed E-state index contributed by atoms with van der Waals surface area (Å²) < 4.78 is 19.5. The van der Waals surface area contributed by atoms with Crippen LogP contribution in [0.5, 0.6) is 0 Å². The first-order chi connectivity index (χ1) is 13.4. The van der Waals surface area contributed by atoms with Crippen LogP contribution in [0.25, 0.3) is 6.08 Å². The fraction of sp³-hybridized carbons (Fsp3) is 0.348. The van der Waals surface area contributed by atoms with E-state index in [4.69, 9.17) is 4.74 Å². The fourth-order valence-corrected chi connectivity index (χ4v) is 3.50. The number of benzene rings is 2. The largest absolute Gasteiger partial charge is 0.372 e. The van der Waals surface area contributed by atoms with Gasteiger partial charge >= 0.3 is 0 Å². The van der Waals surface area contributed by atoms with Gasteiger partial charge < -0.3 is 15.0 Å². The summed E-state index contributed by atoms with van der Waals surface area (Å²) in [6, 6.07) is 14.4. The maximum atomic E-state index is 13.6. The topological polar surface area (TPSA) is 41.6 Å². The van der Waals surface area contributed by atoms with E-state index in [1.165, 1.54) is 18.2 Å². The van der Waals surface area contributed by atoms with Crippen molar-refractivity contribution in [1.29, 1.82) is 0 Å². The molecule has 1 aliphatic rings. The Morgan fingerprint density at radius 2 is 1.89 bits per heavy atom. The number of nitrogens with zero attached hydrogens (tertiary/aromatic N) is 1. The van der Waals surface area contributed by atoms with Crippen molar-refractivity contribution in [3.63, 3.8) is 0 Å². The van der Waals surface area contributed by atoms with Crippen LogP contribution in [0.2, 0.25) is 0 Å². The number of hydrogen-bond acceptors (Lipinski definition) is 3. The van der Waals surface area contributed by atoms with Gasteiger partial charge in [-0.25, -0.2) is 4.39 Å². The zero-order valence-electron chi connectivity index (χ0n) is 16.6. The van der Waals surface area contributed by atoms with Crippen LogP contribution >= 0.6 is 0 Å². The van der Waals surface area contributed by atoms with Gasteiger partial charge in [-0.3, -0.25) is 4.79 Å². The molecule has 3 atom stereocenters. The second-order valence-corrected chi connectivity index (χ2v) is 7.34. The van der Waals surface area contributed by atoms with Crippen LogP contribution in [-0.4, -0.2) is 31.2 Å². The Labute approximate surface area is 166 Å². The number of amides is 1. The van der Waals surface area contributed by atoms with Crippen LogP contribution in [-0.2, 0) is 9.53 Å². The molecule has 0 aromatic heterocycles. The third-order valence-electron chi connectivity index (χ3n) is 4.83. The molecule has 0 spiro atoms. The molecule has 5 heteroatoms. The molecule has 1 fully saturated rings. The van der Waals surface area contributed by atoms with Gasteiger partial charge in [0.25, 0.3) is 0 Å². The molecular weight excluding hydrogens is 355 g/mol. The zero-order chi connectivity index (χ0) is 20.1. The number of nitrogens with one attached hydrogen (secondary N) is 1. The minimum absolute atomic E-state index is 0.159. The molecule has 148 valence electrons. The molecule has 0 unspecified atom stereocenters. The van der Waals surface area contributed by atoms with Crippen LogP contribution in [0.15, 0.2) is 54.6 Å². The Bertz CT molecular complexity index is 842. The van der Waals surface area contributed by atoms with Crippen LogP contribution in [0.1, 0.15) is 37.9 Å². The Morgan fingerprint density at radius 1 is 1.18 bits per heavy atom. The molecule has 1 aliphatic heterocycles. The summed E-state index contributed by atoms with van der Waals surface area (Å²) in [5, 5.41) is 2.94. The third-order valence-corrected chi connectivity index (χ3v) is 4.83. The molecule has 4 nitrogen and oxygen atoms in total. The highest BCUT2D eigenvalue weighted by Crippen LogP contribution is 2.24. The van der Waals surface area contributed by atoms with E-state index < -0.39 is 0 Å². The van der Waals surface area contributed by atoms with E-state index in [0.29, 0.717) is 5.56 Å². The Morgan fingerprint density at radius 3 is 2.61 bits per heavy atom. The lowest BCUT2D eigenvalue weighted by Gasteiger charge is -2.37. The molecule has 0 aliphatic carbocycles. The number of ether oxygens (including phenoxy) is 1. The van der Waals surface area contributed by atoms with Crippen molar-refractivity contribution in [1.82, 2.24) is 5.32 Å². The highest BCUT2D eigenvalue weighted by Gasteiger charge is 2.22. The molecule has 1 amide bonds. The smallest absolute Gasteiger partial charge is 0.244 e. The predicted molar refractivity (Wildman–Crippen MR) is 111 cm³/mol. The lowest BCUT2D eigenvalue weighted by molar-refractivity contribution is -0.117. The molecule has 1 N–H and O–H groups in total. The van der Waals surface area contributed by atoms with Crippen molar-refractivity contribution in [2.75, 3.05) is 18.0 Å². The SMILES string of the molecule is C[C@@H]1CN(c2cccc([C@H](C)NC(=O)/C=C/c3ccccc3F)c2)C[C@H](C)O1. The summed E-state index contributed by atoms with van der Waals surface area (Å²) in [6.07, 6.45) is 3.23. The quantitative estimate of drug-likeness (QED) is 0.783. The van der Waals surface area contributed by atoms with Crippen LogP contribution in [0.3, 0.4) is 0 Å². The molecule has 1 saturated heterocycles. The lowest BCUT2D eigenvalue weighted by Crippen LogP contribution is -2.45. The van der Waals surface area contributed by atoms with Crippen molar-refractivity contribution in [2.24, 2.45) is 0 Å². The first-order valence-corrected chi connectivity index (χ1v) is 9.66. The van der Waals surface area contributed by atoms with E-state index >= 15 is 0 Å². The summed E-state index contributed by atoms with van der Waals surface area (Å²) >= 11 is 0. The summed E-state index contributed by atoms with van der Waals surface area (Å²) in [7, 11) is 0. The van der Waals surface area contributed by atoms with E-state index in [1.807, 2.05) is 19.1 Å². The van der Waals surface area contributed by atoms with Gasteiger partial charge in [-0.2, -0.15) is 0 Å². The summed E-state index contributed by atoms with van der Waals surface area (Å²) in [6.45, 7) is 7.80. The Hall–Kier alpha value is -2.66. The molecule has 2 aromatic carbocycles. The maximum absolute atomic E-state index is 13.6. The van der Waals surface area contributed by atoms with E-state index in [-0.39, 0.29) is 30.0 Å². The third kappa shape index (κ3) is 5.20. The van der Waals surface area contributed by atoms with Gasteiger partial charge in [0.05, 0.1) is 18.2 Å². The summed E-state index contributed by atoms with van der Waals surface area (Å²) in [5.74, 6) is -0.601. The van der Waals surface area contributed by atoms with Crippen LogP contribution in [0, 0.1) is 5.82 Å². The standard InChI is InChI=1S/C23H27FN2O2/c1-16-14-26(15-17(2)28-16)21-9-6-8-20(13-21)18(3)25-23(27)12-11-19-7-4-5-10-22(19)24/h4-13,16-18H,14-15H2,1-3H3,(H,25,27)/b12-11+/t16-,17+,18-/m0/s1. The first kappa shape index (κ1) is 20.1. The number of carbonyl (C=O) groups is 1. The monoisotopic (exact) mass is 382 g/mol. The minimum atomic E-state index is -0.346. The predicted octanol–water partition coefficient (Wildman–Crippen LogP) is 4.33. The molecule has 2 aromatic rings. The highest BCUT2D eigenvalue weighted by molar-refractivity contribution is 5.92. The van der Waals surface area contributed by atoms with Gasteiger partial charge in [0, 0.05) is 30.4 Å². The Balaban J connectivity index is 1.65. The molecule has 28 heavy (non-hydrogen) atoms. The number of rotatable bonds is 5. The molecular formula is C23H27FN2O2. The van der Waals surface area contributed by atoms with Gasteiger partial charge in [0.2, 0.25) is 5.91 Å². The maximum Gasteiger partial charge on any atom is 0.244 e. The van der Waals surface area contributed by atoms with Crippen molar-refractivity contribution in [3.8, 4) is 0 Å². The van der Waals surface area contributed by atoms with Gasteiger partial charge in [-0.1, -0.05) is 30.3 Å². The molecule has 1 heterocycles. The van der Waals surface area contributed by atoms with Crippen LogP contribution in [0.4, 0.5) is 10.1 Å². The van der Waals surface area contributed by atoms with Crippen molar-refractivity contribution in [3.05, 3.63) is 71.6 Å². The normalized spacial score (nSPS) is 20.9. The van der Waals surface area contributed by atoms with Crippen LogP contribution < -0.4 is 10.2 Å². The van der Waals surface area contributed by atoms with Gasteiger partial charge in [0.15, 0.2) is 0 Å². The average Bonchev–Trinajstić information content (AvgIpc) is 2.66. The molecule has 3 rings (SSSR count). The highest BCUT2D eigenvalue weighted by atomic mass is 19.1. The zero-order valence-corrected chi connectivity index (χ0v) is 16.6. The summed E-state index contributed by atoms with van der Waals surface area (Å²) in [5.41, 5.74) is 2.54. The molecule has 0 radical (unpaired) electrons. The van der Waals surface area contributed by atoms with Gasteiger partial charge in [-0.15, -0.1) is 0 Å². The van der Waals surface area contributed by atoms with Gasteiger partial charge in [0.1, 0.15) is 5.82 Å². The second kappa shape index (κ2) is 9.02.